The predicted octanol–water partition coefficient (Wildman–Crippen LogP) is 2.10. The second-order valence-corrected chi connectivity index (χ2v) is 8.15. The fraction of sp³-hybridized carbons (Fsp3) is 0.667. The smallest absolute Gasteiger partial charge is 0.338 e. The van der Waals surface area contributed by atoms with E-state index >= 15 is 0 Å². The molecule has 2 aliphatic rings. The number of hydrogen-bond donors (Lipinski definition) is 1. The molecule has 0 bridgehead atoms. The van der Waals surface area contributed by atoms with Gasteiger partial charge in [0.25, 0.3) is 0 Å². The largest absolute Gasteiger partial charge is 0.459 e. The Labute approximate surface area is 166 Å². The molecule has 7 heteroatoms. The van der Waals surface area contributed by atoms with Gasteiger partial charge in [0.2, 0.25) is 0 Å². The number of benzene rings is 1. The molecule has 1 aromatic rings. The van der Waals surface area contributed by atoms with Crippen molar-refractivity contribution >= 4 is 5.97 Å². The monoisotopic (exact) mass is 396 g/mol. The van der Waals surface area contributed by atoms with Gasteiger partial charge in [-0.3, -0.25) is 0 Å². The molecule has 2 saturated heterocycles. The maximum atomic E-state index is 11.8. The molecule has 2 unspecified atom stereocenters. The van der Waals surface area contributed by atoms with Crippen molar-refractivity contribution in [2.45, 2.75) is 57.7 Å². The second-order valence-electron chi connectivity index (χ2n) is 8.15. The summed E-state index contributed by atoms with van der Waals surface area (Å²) in [6, 6.07) is 9.56. The van der Waals surface area contributed by atoms with Crippen molar-refractivity contribution in [3.63, 3.8) is 0 Å². The summed E-state index contributed by atoms with van der Waals surface area (Å²) in [5, 5.41) is 8.66. The van der Waals surface area contributed by atoms with Gasteiger partial charge in [-0.1, -0.05) is 30.3 Å². The summed E-state index contributed by atoms with van der Waals surface area (Å²) >= 11 is 0. The minimum atomic E-state index is -0.610. The molecule has 2 atom stereocenters. The molecule has 0 radical (unpaired) electrons. The quantitative estimate of drug-likeness (QED) is 0.780. The number of carbonyl (C=O) groups is 1. The van der Waals surface area contributed by atoms with E-state index in [0.29, 0.717) is 19.8 Å². The molecule has 0 aromatic heterocycles. The summed E-state index contributed by atoms with van der Waals surface area (Å²) in [6.45, 7) is 9.84. The van der Waals surface area contributed by atoms with Crippen LogP contribution in [0.25, 0.3) is 0 Å². The lowest BCUT2D eigenvalue weighted by Gasteiger charge is -2.34. The lowest BCUT2D eigenvalue weighted by atomic mass is 10.1. The van der Waals surface area contributed by atoms with Crippen LogP contribution in [0.15, 0.2) is 30.3 Å². The highest BCUT2D eigenvalue weighted by molar-refractivity contribution is 5.75. The van der Waals surface area contributed by atoms with Gasteiger partial charge in [-0.05, 0) is 33.3 Å². The first-order valence-corrected chi connectivity index (χ1v) is 9.53. The Hall–Kier alpha value is -1.51. The van der Waals surface area contributed by atoms with Crippen molar-refractivity contribution in [3.05, 3.63) is 35.9 Å². The fourth-order valence-electron chi connectivity index (χ4n) is 2.48. The Morgan fingerprint density at radius 3 is 2.14 bits per heavy atom. The molecule has 3 rings (SSSR count). The van der Waals surface area contributed by atoms with Gasteiger partial charge in [-0.15, -0.1) is 0 Å². The molecule has 7 nitrogen and oxygen atoms in total. The van der Waals surface area contributed by atoms with Crippen LogP contribution in [0.3, 0.4) is 0 Å². The van der Waals surface area contributed by atoms with Gasteiger partial charge in [-0.25, -0.2) is 4.79 Å². The molecule has 1 N–H and O–H groups in total. The average molecular weight is 396 g/mol. The maximum absolute atomic E-state index is 11.8. The third kappa shape index (κ3) is 7.85. The fourth-order valence-corrected chi connectivity index (χ4v) is 2.48. The van der Waals surface area contributed by atoms with E-state index in [1.807, 2.05) is 58.0 Å². The molecule has 2 heterocycles. The summed E-state index contributed by atoms with van der Waals surface area (Å²) in [4.78, 5) is 11.8. The second kappa shape index (κ2) is 10.3. The molecule has 1 aromatic carbocycles. The zero-order valence-electron chi connectivity index (χ0n) is 17.2. The lowest BCUT2D eigenvalue weighted by Crippen LogP contribution is -2.46. The van der Waals surface area contributed by atoms with Gasteiger partial charge in [0.15, 0.2) is 6.10 Å². The summed E-state index contributed by atoms with van der Waals surface area (Å²) < 4.78 is 26.8. The highest BCUT2D eigenvalue weighted by Crippen LogP contribution is 2.18. The van der Waals surface area contributed by atoms with E-state index in [-0.39, 0.29) is 43.1 Å². The first-order chi connectivity index (χ1) is 13.2. The maximum Gasteiger partial charge on any atom is 0.338 e. The van der Waals surface area contributed by atoms with Crippen LogP contribution in [0.1, 0.15) is 33.3 Å². The minimum Gasteiger partial charge on any atom is -0.459 e. The summed E-state index contributed by atoms with van der Waals surface area (Å²) in [7, 11) is 0. The van der Waals surface area contributed by atoms with Crippen molar-refractivity contribution in [1.29, 1.82) is 0 Å². The first-order valence-electron chi connectivity index (χ1n) is 9.53. The number of rotatable bonds is 4. The molecule has 0 saturated carbocycles. The van der Waals surface area contributed by atoms with Crippen LogP contribution in [0.4, 0.5) is 0 Å². The number of hydrogen-bond acceptors (Lipinski definition) is 7. The summed E-state index contributed by atoms with van der Waals surface area (Å²) in [6.07, 6.45) is -0.727. The molecule has 28 heavy (non-hydrogen) atoms. The van der Waals surface area contributed by atoms with E-state index in [9.17, 15) is 4.79 Å². The van der Waals surface area contributed by atoms with Crippen LogP contribution in [0, 0.1) is 0 Å². The van der Waals surface area contributed by atoms with Gasteiger partial charge < -0.3 is 28.8 Å². The predicted molar refractivity (Wildman–Crippen MR) is 103 cm³/mol. The Morgan fingerprint density at radius 2 is 1.64 bits per heavy atom. The van der Waals surface area contributed by atoms with Crippen molar-refractivity contribution in [1.82, 2.24) is 0 Å². The normalized spacial score (nSPS) is 25.9. The van der Waals surface area contributed by atoms with Crippen molar-refractivity contribution in [2.24, 2.45) is 0 Å². The van der Waals surface area contributed by atoms with Crippen molar-refractivity contribution in [3.8, 4) is 0 Å². The van der Waals surface area contributed by atoms with E-state index in [2.05, 4.69) is 0 Å². The van der Waals surface area contributed by atoms with E-state index in [0.717, 1.165) is 5.56 Å². The number of aliphatic hydroxyl groups is 1. The third-order valence-electron chi connectivity index (χ3n) is 4.27. The topological polar surface area (TPSA) is 83.5 Å². The van der Waals surface area contributed by atoms with Crippen LogP contribution in [-0.4, -0.2) is 67.5 Å². The van der Waals surface area contributed by atoms with Gasteiger partial charge in [0, 0.05) is 0 Å². The van der Waals surface area contributed by atoms with E-state index in [1.54, 1.807) is 0 Å². The number of carbonyl (C=O) groups excluding carboxylic acids is 1. The lowest BCUT2D eigenvalue weighted by molar-refractivity contribution is -0.198. The van der Waals surface area contributed by atoms with Gasteiger partial charge in [-0.2, -0.15) is 0 Å². The minimum absolute atomic E-state index is 0.0517. The number of ether oxygens (including phenoxy) is 5. The van der Waals surface area contributed by atoms with Gasteiger partial charge in [0.1, 0.15) is 12.7 Å². The molecular weight excluding hydrogens is 364 g/mol. The molecular formula is C21H32O7. The van der Waals surface area contributed by atoms with E-state index in [4.69, 9.17) is 28.8 Å². The summed E-state index contributed by atoms with van der Waals surface area (Å²) in [5.74, 6) is -0.366. The molecule has 0 aliphatic carbocycles. The molecule has 2 aliphatic heterocycles. The van der Waals surface area contributed by atoms with Crippen LogP contribution in [-0.2, 0) is 35.1 Å². The zero-order chi connectivity index (χ0) is 20.6. The van der Waals surface area contributed by atoms with Crippen LogP contribution < -0.4 is 0 Å². The van der Waals surface area contributed by atoms with E-state index < -0.39 is 6.10 Å². The molecule has 2 fully saturated rings. The Balaban J connectivity index is 0.000000237. The third-order valence-corrected chi connectivity index (χ3v) is 4.27. The van der Waals surface area contributed by atoms with Crippen molar-refractivity contribution < 1.29 is 33.6 Å². The SMILES string of the molecule is CC1(C)COC(C(=O)OCc2ccccc2)CO1.CC1(C)COC(CO)CO1. The standard InChI is InChI=1S/C14H18O4.C7H14O3/c1-14(2)10-17-12(9-18-14)13(15)16-8-11-6-4-3-5-7-11;1-7(2)5-9-6(3-8)4-10-7/h3-7,12H,8-10H2,1-2H3;6,8H,3-5H2,1-2H3. The van der Waals surface area contributed by atoms with Crippen LogP contribution >= 0.6 is 0 Å². The molecule has 158 valence electrons. The highest BCUT2D eigenvalue weighted by Gasteiger charge is 2.33. The average Bonchev–Trinajstić information content (AvgIpc) is 2.67. The Bertz CT molecular complexity index is 580. The van der Waals surface area contributed by atoms with Gasteiger partial charge in [0.05, 0.1) is 44.2 Å². The molecule has 0 amide bonds. The Morgan fingerprint density at radius 1 is 1.04 bits per heavy atom. The van der Waals surface area contributed by atoms with Crippen LogP contribution in [0.2, 0.25) is 0 Å². The van der Waals surface area contributed by atoms with Crippen molar-refractivity contribution in [2.75, 3.05) is 33.0 Å². The van der Waals surface area contributed by atoms with Gasteiger partial charge >= 0.3 is 5.97 Å². The number of esters is 1. The van der Waals surface area contributed by atoms with E-state index in [1.165, 1.54) is 0 Å². The summed E-state index contributed by atoms with van der Waals surface area (Å²) in [5.41, 5.74) is 0.463. The Kier molecular flexibility index (Phi) is 8.39. The zero-order valence-corrected chi connectivity index (χ0v) is 17.2. The first kappa shape index (κ1) is 22.8. The van der Waals surface area contributed by atoms with Crippen LogP contribution in [0.5, 0.6) is 0 Å². The highest BCUT2D eigenvalue weighted by atomic mass is 16.6. The molecule has 0 spiro atoms. The number of aliphatic hydroxyl groups excluding tert-OH is 1.